The molecule has 102 valence electrons. The summed E-state index contributed by atoms with van der Waals surface area (Å²) in [4.78, 5) is 36.9. The van der Waals surface area contributed by atoms with Gasteiger partial charge in [-0.25, -0.2) is 4.79 Å². The lowest BCUT2D eigenvalue weighted by atomic mass is 10.1. The van der Waals surface area contributed by atoms with Gasteiger partial charge in [-0.15, -0.1) is 0 Å². The van der Waals surface area contributed by atoms with Gasteiger partial charge in [0.2, 0.25) is 5.91 Å². The standard InChI is InChI=1S/C11H19N3O4/c1-13(2)11(18)12-8-5-3-4-6-14(10(8)17)7-9(15)16/h8H,3-7H2,1-2H3,(H,12,18)(H,15,16). The van der Waals surface area contributed by atoms with E-state index < -0.39 is 12.0 Å². The highest BCUT2D eigenvalue weighted by Crippen LogP contribution is 2.12. The lowest BCUT2D eigenvalue weighted by Gasteiger charge is -2.24. The van der Waals surface area contributed by atoms with Crippen LogP contribution in [-0.4, -0.2) is 66.0 Å². The molecule has 18 heavy (non-hydrogen) atoms. The molecule has 0 spiro atoms. The minimum Gasteiger partial charge on any atom is -0.480 e. The third-order valence-electron chi connectivity index (χ3n) is 2.81. The Morgan fingerprint density at radius 2 is 2.11 bits per heavy atom. The summed E-state index contributed by atoms with van der Waals surface area (Å²) in [6.45, 7) is 0.118. The molecule has 1 rings (SSSR count). The number of carboxylic acid groups (broad SMARTS) is 1. The fourth-order valence-electron chi connectivity index (χ4n) is 1.84. The Labute approximate surface area is 106 Å². The number of hydrogen-bond donors (Lipinski definition) is 2. The van der Waals surface area contributed by atoms with Crippen LogP contribution in [0.15, 0.2) is 0 Å². The van der Waals surface area contributed by atoms with Crippen molar-refractivity contribution in [2.75, 3.05) is 27.2 Å². The molecule has 1 heterocycles. The van der Waals surface area contributed by atoms with Crippen LogP contribution in [0.25, 0.3) is 0 Å². The van der Waals surface area contributed by atoms with Gasteiger partial charge in [-0.1, -0.05) is 0 Å². The summed E-state index contributed by atoms with van der Waals surface area (Å²) < 4.78 is 0. The fraction of sp³-hybridized carbons (Fsp3) is 0.727. The van der Waals surface area contributed by atoms with E-state index in [0.717, 1.165) is 12.8 Å². The average Bonchev–Trinajstić information content (AvgIpc) is 2.43. The molecule has 7 nitrogen and oxygen atoms in total. The van der Waals surface area contributed by atoms with Crippen molar-refractivity contribution >= 4 is 17.9 Å². The molecular weight excluding hydrogens is 238 g/mol. The Morgan fingerprint density at radius 1 is 1.44 bits per heavy atom. The van der Waals surface area contributed by atoms with E-state index in [1.54, 1.807) is 14.1 Å². The molecule has 0 aliphatic carbocycles. The molecule has 0 saturated carbocycles. The highest BCUT2D eigenvalue weighted by atomic mass is 16.4. The fourth-order valence-corrected chi connectivity index (χ4v) is 1.84. The third kappa shape index (κ3) is 3.90. The Morgan fingerprint density at radius 3 is 2.67 bits per heavy atom. The van der Waals surface area contributed by atoms with Crippen LogP contribution in [-0.2, 0) is 9.59 Å². The number of carbonyl (C=O) groups is 3. The lowest BCUT2D eigenvalue weighted by molar-refractivity contribution is -0.144. The lowest BCUT2D eigenvalue weighted by Crippen LogP contribution is -2.50. The van der Waals surface area contributed by atoms with Gasteiger partial charge in [-0.05, 0) is 19.3 Å². The molecule has 1 saturated heterocycles. The maximum atomic E-state index is 12.1. The predicted octanol–water partition coefficient (Wildman–Crippen LogP) is -0.277. The zero-order valence-corrected chi connectivity index (χ0v) is 10.7. The number of urea groups is 1. The van der Waals surface area contributed by atoms with Crippen molar-refractivity contribution in [1.82, 2.24) is 15.1 Å². The second-order valence-electron chi connectivity index (χ2n) is 4.55. The predicted molar refractivity (Wildman–Crippen MR) is 64.1 cm³/mol. The first-order valence-electron chi connectivity index (χ1n) is 5.90. The van der Waals surface area contributed by atoms with Crippen LogP contribution in [0.4, 0.5) is 4.79 Å². The quantitative estimate of drug-likeness (QED) is 0.728. The number of carbonyl (C=O) groups excluding carboxylic acids is 2. The van der Waals surface area contributed by atoms with Gasteiger partial charge in [0, 0.05) is 20.6 Å². The molecule has 1 aliphatic rings. The SMILES string of the molecule is CN(C)C(=O)NC1CCCCN(CC(=O)O)C1=O. The van der Waals surface area contributed by atoms with Gasteiger partial charge in [-0.3, -0.25) is 9.59 Å². The largest absolute Gasteiger partial charge is 0.480 e. The van der Waals surface area contributed by atoms with Crippen molar-refractivity contribution in [3.8, 4) is 0 Å². The van der Waals surface area contributed by atoms with Crippen molar-refractivity contribution in [2.45, 2.75) is 25.3 Å². The number of amides is 3. The van der Waals surface area contributed by atoms with Gasteiger partial charge in [0.1, 0.15) is 12.6 Å². The van der Waals surface area contributed by atoms with E-state index in [4.69, 9.17) is 5.11 Å². The van der Waals surface area contributed by atoms with Gasteiger partial charge < -0.3 is 20.2 Å². The number of nitrogens with one attached hydrogen (secondary N) is 1. The Balaban J connectivity index is 2.68. The van der Waals surface area contributed by atoms with E-state index in [0.29, 0.717) is 13.0 Å². The molecule has 0 bridgehead atoms. The summed E-state index contributed by atoms with van der Waals surface area (Å²) in [6, 6.07) is -0.965. The minimum absolute atomic E-state index is 0.312. The maximum Gasteiger partial charge on any atom is 0.323 e. The van der Waals surface area contributed by atoms with Gasteiger partial charge in [-0.2, -0.15) is 0 Å². The first kappa shape index (κ1) is 14.3. The highest BCUT2D eigenvalue weighted by molar-refractivity contribution is 5.89. The molecule has 1 atom stereocenters. The van der Waals surface area contributed by atoms with Gasteiger partial charge in [0.25, 0.3) is 0 Å². The topological polar surface area (TPSA) is 90.0 Å². The van der Waals surface area contributed by atoms with E-state index in [2.05, 4.69) is 5.32 Å². The number of aliphatic carboxylic acids is 1. The molecule has 7 heteroatoms. The van der Waals surface area contributed by atoms with E-state index in [-0.39, 0.29) is 18.5 Å². The van der Waals surface area contributed by atoms with E-state index >= 15 is 0 Å². The Bertz CT molecular complexity index is 343. The number of hydrogen-bond acceptors (Lipinski definition) is 3. The molecule has 0 aromatic rings. The number of nitrogens with zero attached hydrogens (tertiary/aromatic N) is 2. The Kier molecular flexibility index (Phi) is 4.94. The van der Waals surface area contributed by atoms with Crippen LogP contribution < -0.4 is 5.32 Å². The van der Waals surface area contributed by atoms with Gasteiger partial charge in [0.15, 0.2) is 0 Å². The number of rotatable bonds is 3. The van der Waals surface area contributed by atoms with Gasteiger partial charge >= 0.3 is 12.0 Å². The second kappa shape index (κ2) is 6.23. The van der Waals surface area contributed by atoms with Crippen molar-refractivity contribution in [2.24, 2.45) is 0 Å². The first-order chi connectivity index (χ1) is 8.41. The smallest absolute Gasteiger partial charge is 0.323 e. The van der Waals surface area contributed by atoms with Crippen LogP contribution in [0.1, 0.15) is 19.3 Å². The second-order valence-corrected chi connectivity index (χ2v) is 4.55. The molecule has 1 aliphatic heterocycles. The molecule has 2 N–H and O–H groups in total. The average molecular weight is 257 g/mol. The van der Waals surface area contributed by atoms with Crippen LogP contribution in [0.5, 0.6) is 0 Å². The summed E-state index contributed by atoms with van der Waals surface area (Å²) in [6.07, 6.45) is 2.10. The van der Waals surface area contributed by atoms with Crippen molar-refractivity contribution in [3.63, 3.8) is 0 Å². The van der Waals surface area contributed by atoms with Crippen LogP contribution >= 0.6 is 0 Å². The molecule has 0 aromatic heterocycles. The molecule has 1 unspecified atom stereocenters. The molecule has 1 fully saturated rings. The van der Waals surface area contributed by atoms with E-state index in [1.807, 2.05) is 0 Å². The van der Waals surface area contributed by atoms with Crippen LogP contribution in [0.3, 0.4) is 0 Å². The van der Waals surface area contributed by atoms with E-state index in [1.165, 1.54) is 9.80 Å². The summed E-state index contributed by atoms with van der Waals surface area (Å²) in [5.41, 5.74) is 0. The zero-order chi connectivity index (χ0) is 13.7. The van der Waals surface area contributed by atoms with Gasteiger partial charge in [0.05, 0.1) is 0 Å². The van der Waals surface area contributed by atoms with Crippen LogP contribution in [0, 0.1) is 0 Å². The summed E-state index contributed by atoms with van der Waals surface area (Å²) >= 11 is 0. The highest BCUT2D eigenvalue weighted by Gasteiger charge is 2.29. The normalized spacial score (nSPS) is 20.2. The third-order valence-corrected chi connectivity index (χ3v) is 2.81. The Hall–Kier alpha value is -1.79. The summed E-state index contributed by atoms with van der Waals surface area (Å²) in [5.74, 6) is -1.35. The zero-order valence-electron chi connectivity index (χ0n) is 10.7. The first-order valence-corrected chi connectivity index (χ1v) is 5.90. The van der Waals surface area contributed by atoms with E-state index in [9.17, 15) is 14.4 Å². The van der Waals surface area contributed by atoms with Crippen molar-refractivity contribution in [1.29, 1.82) is 0 Å². The molecule has 3 amide bonds. The summed E-state index contributed by atoms with van der Waals surface area (Å²) in [5, 5.41) is 11.4. The monoisotopic (exact) mass is 257 g/mol. The molecule has 0 aromatic carbocycles. The summed E-state index contributed by atoms with van der Waals surface area (Å²) in [7, 11) is 3.18. The van der Waals surface area contributed by atoms with Crippen molar-refractivity contribution < 1.29 is 19.5 Å². The number of carboxylic acids is 1. The van der Waals surface area contributed by atoms with Crippen molar-refractivity contribution in [3.05, 3.63) is 0 Å². The van der Waals surface area contributed by atoms with Crippen LogP contribution in [0.2, 0.25) is 0 Å². The minimum atomic E-state index is -1.04. The molecule has 0 radical (unpaired) electrons. The maximum absolute atomic E-state index is 12.1. The molecular formula is C11H19N3O4. The number of likely N-dealkylation sites (tertiary alicyclic amines) is 1.